The Morgan fingerprint density at radius 2 is 1.83 bits per heavy atom. The van der Waals surface area contributed by atoms with Crippen LogP contribution in [0, 0.1) is 0 Å². The largest absolute Gasteiger partial charge is 0.466 e. The van der Waals surface area contributed by atoms with Gasteiger partial charge in [-0.25, -0.2) is 0 Å². The first-order valence-corrected chi connectivity index (χ1v) is 7.25. The Kier molecular flexibility index (Phi) is 14.0. The third-order valence-electron chi connectivity index (χ3n) is 2.61. The van der Waals surface area contributed by atoms with Gasteiger partial charge in [0.2, 0.25) is 0 Å². The second-order valence-corrected chi connectivity index (χ2v) is 4.33. The normalized spacial score (nSPS) is 10.6. The second kappa shape index (κ2) is 14.5. The van der Waals surface area contributed by atoms with Crippen LogP contribution in [-0.2, 0) is 14.3 Å². The lowest BCUT2D eigenvalue weighted by molar-refractivity contribution is -0.143. The highest BCUT2D eigenvalue weighted by atomic mass is 16.5. The van der Waals surface area contributed by atoms with Crippen LogP contribution in [0.3, 0.4) is 0 Å². The van der Waals surface area contributed by atoms with Crippen molar-refractivity contribution in [3.05, 3.63) is 0 Å². The van der Waals surface area contributed by atoms with Gasteiger partial charge in [-0.3, -0.25) is 4.79 Å². The van der Waals surface area contributed by atoms with Gasteiger partial charge in [-0.05, 0) is 32.7 Å². The van der Waals surface area contributed by atoms with Crippen LogP contribution in [0.1, 0.15) is 52.4 Å². The molecule has 0 bridgehead atoms. The van der Waals surface area contributed by atoms with Crippen molar-refractivity contribution < 1.29 is 14.3 Å². The molecule has 0 atom stereocenters. The second-order valence-electron chi connectivity index (χ2n) is 4.33. The predicted molar refractivity (Wildman–Crippen MR) is 73.7 cm³/mol. The van der Waals surface area contributed by atoms with Gasteiger partial charge in [0.15, 0.2) is 0 Å². The predicted octanol–water partition coefficient (Wildman–Crippen LogP) is 2.52. The molecule has 0 amide bonds. The van der Waals surface area contributed by atoms with Crippen LogP contribution in [0.5, 0.6) is 0 Å². The Bertz CT molecular complexity index is 186. The quantitative estimate of drug-likeness (QED) is 0.408. The summed E-state index contributed by atoms with van der Waals surface area (Å²) in [5.74, 6) is -0.0743. The van der Waals surface area contributed by atoms with E-state index in [0.29, 0.717) is 13.0 Å². The lowest BCUT2D eigenvalue weighted by atomic mass is 10.2. The van der Waals surface area contributed by atoms with Gasteiger partial charge in [0, 0.05) is 19.6 Å². The highest BCUT2D eigenvalue weighted by Gasteiger charge is 2.00. The first kappa shape index (κ1) is 17.4. The Morgan fingerprint density at radius 3 is 2.56 bits per heavy atom. The lowest BCUT2D eigenvalue weighted by Crippen LogP contribution is -2.21. The van der Waals surface area contributed by atoms with E-state index in [1.54, 1.807) is 0 Å². The van der Waals surface area contributed by atoms with Crippen molar-refractivity contribution in [2.45, 2.75) is 52.4 Å². The van der Waals surface area contributed by atoms with Crippen LogP contribution in [0.25, 0.3) is 0 Å². The minimum atomic E-state index is -0.0743. The van der Waals surface area contributed by atoms with Crippen molar-refractivity contribution in [3.63, 3.8) is 0 Å². The molecule has 0 aromatic heterocycles. The number of unbranched alkanes of at least 4 members (excludes halogenated alkanes) is 3. The number of carbonyl (C=O) groups excluding carboxylic acids is 1. The maximum atomic E-state index is 11.0. The van der Waals surface area contributed by atoms with Crippen LogP contribution >= 0.6 is 0 Å². The zero-order valence-corrected chi connectivity index (χ0v) is 12.0. The van der Waals surface area contributed by atoms with E-state index in [4.69, 9.17) is 9.47 Å². The van der Waals surface area contributed by atoms with Gasteiger partial charge >= 0.3 is 5.97 Å². The third-order valence-corrected chi connectivity index (χ3v) is 2.61. The molecule has 0 saturated heterocycles. The molecule has 108 valence electrons. The van der Waals surface area contributed by atoms with E-state index in [0.717, 1.165) is 52.0 Å². The molecule has 0 aromatic rings. The van der Waals surface area contributed by atoms with E-state index in [1.165, 1.54) is 6.42 Å². The molecule has 18 heavy (non-hydrogen) atoms. The number of nitrogens with one attached hydrogen (secondary N) is 1. The van der Waals surface area contributed by atoms with Gasteiger partial charge < -0.3 is 14.8 Å². The number of hydrogen-bond acceptors (Lipinski definition) is 4. The Hall–Kier alpha value is -0.610. The fourth-order valence-electron chi connectivity index (χ4n) is 1.55. The number of esters is 1. The summed E-state index contributed by atoms with van der Waals surface area (Å²) in [6, 6.07) is 0. The highest BCUT2D eigenvalue weighted by Crippen LogP contribution is 2.00. The van der Waals surface area contributed by atoms with Gasteiger partial charge in [0.25, 0.3) is 0 Å². The molecule has 0 aliphatic rings. The number of ether oxygens (including phenoxy) is 2. The van der Waals surface area contributed by atoms with Gasteiger partial charge in [-0.15, -0.1) is 0 Å². The molecule has 0 aliphatic carbocycles. The van der Waals surface area contributed by atoms with Crippen molar-refractivity contribution >= 4 is 5.97 Å². The van der Waals surface area contributed by atoms with Crippen LogP contribution in [0.2, 0.25) is 0 Å². The molecular weight excluding hydrogens is 230 g/mol. The summed E-state index contributed by atoms with van der Waals surface area (Å²) in [7, 11) is 0. The minimum absolute atomic E-state index is 0.0743. The molecule has 0 spiro atoms. The summed E-state index contributed by atoms with van der Waals surface area (Å²) >= 11 is 0. The van der Waals surface area contributed by atoms with Crippen molar-refractivity contribution in [2.75, 3.05) is 32.9 Å². The zero-order valence-electron chi connectivity index (χ0n) is 12.0. The zero-order chi connectivity index (χ0) is 13.5. The molecule has 0 unspecified atom stereocenters. The minimum Gasteiger partial charge on any atom is -0.466 e. The van der Waals surface area contributed by atoms with Crippen LogP contribution in [-0.4, -0.2) is 38.9 Å². The van der Waals surface area contributed by atoms with E-state index >= 15 is 0 Å². The molecule has 0 heterocycles. The number of hydrogen-bond donors (Lipinski definition) is 1. The summed E-state index contributed by atoms with van der Waals surface area (Å²) in [4.78, 5) is 11.0. The van der Waals surface area contributed by atoms with Gasteiger partial charge in [0.1, 0.15) is 0 Å². The number of rotatable bonds is 13. The standard InChI is InChI=1S/C14H29NO3/c1-3-5-12-17-13-11-15-10-8-6-7-9-14(16)18-4-2/h15H,3-13H2,1-2H3. The van der Waals surface area contributed by atoms with Crippen molar-refractivity contribution in [1.82, 2.24) is 5.32 Å². The smallest absolute Gasteiger partial charge is 0.305 e. The van der Waals surface area contributed by atoms with E-state index in [2.05, 4.69) is 12.2 Å². The monoisotopic (exact) mass is 259 g/mol. The average molecular weight is 259 g/mol. The molecule has 4 nitrogen and oxygen atoms in total. The maximum Gasteiger partial charge on any atom is 0.305 e. The number of carbonyl (C=O) groups is 1. The van der Waals surface area contributed by atoms with E-state index in [9.17, 15) is 4.79 Å². The molecule has 0 radical (unpaired) electrons. The Balaban J connectivity index is 3.01. The SMILES string of the molecule is CCCCOCCNCCCCCC(=O)OCC. The Morgan fingerprint density at radius 1 is 1.00 bits per heavy atom. The molecule has 0 fully saturated rings. The van der Waals surface area contributed by atoms with Gasteiger partial charge in [-0.1, -0.05) is 19.8 Å². The third kappa shape index (κ3) is 13.5. The van der Waals surface area contributed by atoms with Gasteiger partial charge in [0.05, 0.1) is 13.2 Å². The lowest BCUT2D eigenvalue weighted by Gasteiger charge is -2.05. The fraction of sp³-hybridized carbons (Fsp3) is 0.929. The van der Waals surface area contributed by atoms with Crippen molar-refractivity contribution in [1.29, 1.82) is 0 Å². The van der Waals surface area contributed by atoms with Crippen LogP contribution in [0.4, 0.5) is 0 Å². The molecule has 4 heteroatoms. The van der Waals surface area contributed by atoms with E-state index in [-0.39, 0.29) is 5.97 Å². The van der Waals surface area contributed by atoms with Crippen molar-refractivity contribution in [2.24, 2.45) is 0 Å². The molecule has 0 saturated carbocycles. The molecule has 0 aromatic carbocycles. The summed E-state index contributed by atoms with van der Waals surface area (Å²) < 4.78 is 10.3. The Labute approximate surface area is 111 Å². The van der Waals surface area contributed by atoms with Crippen LogP contribution in [0.15, 0.2) is 0 Å². The molecule has 0 aliphatic heterocycles. The van der Waals surface area contributed by atoms with E-state index < -0.39 is 0 Å². The summed E-state index contributed by atoms with van der Waals surface area (Å²) in [5, 5.41) is 3.33. The fourth-order valence-corrected chi connectivity index (χ4v) is 1.55. The first-order chi connectivity index (χ1) is 8.81. The first-order valence-electron chi connectivity index (χ1n) is 7.25. The average Bonchev–Trinajstić information content (AvgIpc) is 2.36. The van der Waals surface area contributed by atoms with E-state index in [1.807, 2.05) is 6.92 Å². The summed E-state index contributed by atoms with van der Waals surface area (Å²) in [6.45, 7) is 8.07. The topological polar surface area (TPSA) is 47.6 Å². The summed E-state index contributed by atoms with van der Waals surface area (Å²) in [5.41, 5.74) is 0. The van der Waals surface area contributed by atoms with Gasteiger partial charge in [-0.2, -0.15) is 0 Å². The molecule has 0 rings (SSSR count). The maximum absolute atomic E-state index is 11.0. The molecule has 1 N–H and O–H groups in total. The molecular formula is C14H29NO3. The summed E-state index contributed by atoms with van der Waals surface area (Å²) in [6.07, 6.45) is 5.99. The van der Waals surface area contributed by atoms with Crippen LogP contribution < -0.4 is 5.32 Å². The van der Waals surface area contributed by atoms with Crippen molar-refractivity contribution in [3.8, 4) is 0 Å². The highest BCUT2D eigenvalue weighted by molar-refractivity contribution is 5.69.